The van der Waals surface area contributed by atoms with E-state index < -0.39 is 0 Å². The van der Waals surface area contributed by atoms with Crippen molar-refractivity contribution in [2.75, 3.05) is 13.6 Å². The van der Waals surface area contributed by atoms with E-state index in [9.17, 15) is 0 Å². The summed E-state index contributed by atoms with van der Waals surface area (Å²) in [5.74, 6) is 1.59. The Kier molecular flexibility index (Phi) is 8.54. The van der Waals surface area contributed by atoms with Gasteiger partial charge in [0.15, 0.2) is 0 Å². The summed E-state index contributed by atoms with van der Waals surface area (Å²) < 4.78 is 0. The molecule has 110 valence electrons. The van der Waals surface area contributed by atoms with E-state index in [1.807, 2.05) is 0 Å². The van der Waals surface area contributed by atoms with Gasteiger partial charge in [-0.3, -0.25) is 0 Å². The van der Waals surface area contributed by atoms with Crippen LogP contribution in [0.3, 0.4) is 0 Å². The van der Waals surface area contributed by atoms with Gasteiger partial charge in [0.25, 0.3) is 0 Å². The van der Waals surface area contributed by atoms with Crippen molar-refractivity contribution in [3.63, 3.8) is 0 Å². The van der Waals surface area contributed by atoms with Crippen LogP contribution < -0.4 is 0 Å². The minimum absolute atomic E-state index is 0.772. The molecule has 0 spiro atoms. The van der Waals surface area contributed by atoms with Crippen molar-refractivity contribution in [3.05, 3.63) is 35.6 Å². The average Bonchev–Trinajstić information content (AvgIpc) is 2.37. The molecule has 1 unspecified atom stereocenters. The van der Waals surface area contributed by atoms with Crippen LogP contribution in [0, 0.1) is 11.8 Å². The van der Waals surface area contributed by atoms with Crippen LogP contribution in [0.1, 0.15) is 54.4 Å². The van der Waals surface area contributed by atoms with Crippen LogP contribution in [-0.4, -0.2) is 18.5 Å². The van der Waals surface area contributed by atoms with Crippen molar-refractivity contribution in [3.8, 4) is 0 Å². The minimum atomic E-state index is 0.772. The fraction of sp³-hybridized carbons (Fsp3) is 0.667. The molecule has 0 aromatic rings. The maximum Gasteiger partial charge on any atom is 0.0320 e. The highest BCUT2D eigenvalue weighted by molar-refractivity contribution is 5.32. The molecule has 0 aliphatic heterocycles. The molecule has 0 heterocycles. The number of nitrogens with zero attached hydrogens (tertiary/aromatic N) is 1. The number of hydrogen-bond acceptors (Lipinski definition) is 1. The van der Waals surface area contributed by atoms with Crippen molar-refractivity contribution < 1.29 is 0 Å². The Morgan fingerprint density at radius 1 is 1.26 bits per heavy atom. The highest BCUT2D eigenvalue weighted by Gasteiger charge is 2.12. The van der Waals surface area contributed by atoms with Crippen molar-refractivity contribution in [2.24, 2.45) is 11.8 Å². The lowest BCUT2D eigenvalue weighted by molar-refractivity contribution is 0.298. The highest BCUT2D eigenvalue weighted by atomic mass is 15.1. The monoisotopic (exact) mass is 263 g/mol. The van der Waals surface area contributed by atoms with Crippen molar-refractivity contribution in [2.45, 2.75) is 54.4 Å². The van der Waals surface area contributed by atoms with Crippen LogP contribution in [-0.2, 0) is 0 Å². The van der Waals surface area contributed by atoms with Crippen LogP contribution in [0.4, 0.5) is 0 Å². The Labute approximate surface area is 121 Å². The molecule has 0 aliphatic rings. The molecular weight excluding hydrogens is 230 g/mol. The average molecular weight is 263 g/mol. The summed E-state index contributed by atoms with van der Waals surface area (Å²) in [6, 6.07) is 0. The van der Waals surface area contributed by atoms with Crippen LogP contribution in [0.2, 0.25) is 0 Å². The molecule has 0 saturated carbocycles. The van der Waals surface area contributed by atoms with Crippen molar-refractivity contribution >= 4 is 0 Å². The van der Waals surface area contributed by atoms with Gasteiger partial charge < -0.3 is 4.90 Å². The summed E-state index contributed by atoms with van der Waals surface area (Å²) in [7, 11) is 2.15. The molecule has 0 fully saturated rings. The zero-order valence-corrected chi connectivity index (χ0v) is 14.1. The van der Waals surface area contributed by atoms with Gasteiger partial charge in [-0.15, -0.1) is 0 Å². The fourth-order valence-electron chi connectivity index (χ4n) is 2.31. The van der Waals surface area contributed by atoms with E-state index in [1.165, 1.54) is 24.0 Å². The molecule has 0 saturated heterocycles. The van der Waals surface area contributed by atoms with Gasteiger partial charge in [-0.05, 0) is 44.6 Å². The minimum Gasteiger partial charge on any atom is -0.375 e. The van der Waals surface area contributed by atoms with E-state index in [2.05, 4.69) is 72.2 Å². The van der Waals surface area contributed by atoms with Gasteiger partial charge in [0.05, 0.1) is 0 Å². The molecule has 1 atom stereocenters. The third-order valence-corrected chi connectivity index (χ3v) is 4.12. The summed E-state index contributed by atoms with van der Waals surface area (Å²) in [4.78, 5) is 2.29. The molecule has 0 aromatic carbocycles. The summed E-state index contributed by atoms with van der Waals surface area (Å²) >= 11 is 0. The Bertz CT molecular complexity index is 334. The molecule has 0 amide bonds. The Morgan fingerprint density at radius 2 is 1.84 bits per heavy atom. The van der Waals surface area contributed by atoms with Gasteiger partial charge in [0.2, 0.25) is 0 Å². The third-order valence-electron chi connectivity index (χ3n) is 4.12. The Hall–Kier alpha value is -0.980. The maximum atomic E-state index is 4.22. The first-order valence-corrected chi connectivity index (χ1v) is 7.55. The number of hydrogen-bond donors (Lipinski definition) is 0. The first-order chi connectivity index (χ1) is 8.83. The van der Waals surface area contributed by atoms with Gasteiger partial charge in [-0.25, -0.2) is 0 Å². The molecule has 0 N–H and O–H groups in total. The van der Waals surface area contributed by atoms with E-state index in [4.69, 9.17) is 0 Å². The molecule has 1 heteroatoms. The molecule has 0 radical (unpaired) electrons. The maximum absolute atomic E-state index is 4.22. The zero-order chi connectivity index (χ0) is 15.0. The van der Waals surface area contributed by atoms with E-state index in [-0.39, 0.29) is 0 Å². The van der Waals surface area contributed by atoms with Crippen LogP contribution in [0.5, 0.6) is 0 Å². The van der Waals surface area contributed by atoms with Gasteiger partial charge in [-0.1, -0.05) is 51.5 Å². The number of allylic oxidation sites excluding steroid dienone is 4. The van der Waals surface area contributed by atoms with Crippen LogP contribution >= 0.6 is 0 Å². The standard InChI is InChI=1S/C18H33N/c1-9-15(5)13-16(6)17(7)19(8)12-11-18(10-2)14(3)4/h9,13-14,18H,7,10-12H2,1-6,8H3/b15-9-,16-13-. The SMILES string of the molecule is C=C(/C(C)=C\C(C)=C/C)N(C)CCC(CC)C(C)C. The first-order valence-electron chi connectivity index (χ1n) is 7.55. The third kappa shape index (κ3) is 6.66. The largest absolute Gasteiger partial charge is 0.375 e. The molecule has 19 heavy (non-hydrogen) atoms. The van der Waals surface area contributed by atoms with Gasteiger partial charge in [0, 0.05) is 19.3 Å². The van der Waals surface area contributed by atoms with Crippen LogP contribution in [0.25, 0.3) is 0 Å². The second-order valence-corrected chi connectivity index (χ2v) is 5.93. The second kappa shape index (κ2) is 9.01. The summed E-state index contributed by atoms with van der Waals surface area (Å²) in [5, 5.41) is 0. The van der Waals surface area contributed by atoms with Crippen molar-refractivity contribution in [1.29, 1.82) is 0 Å². The first kappa shape index (κ1) is 18.0. The second-order valence-electron chi connectivity index (χ2n) is 5.93. The lowest BCUT2D eigenvalue weighted by Gasteiger charge is -2.26. The van der Waals surface area contributed by atoms with Gasteiger partial charge in [0.1, 0.15) is 0 Å². The van der Waals surface area contributed by atoms with Crippen molar-refractivity contribution in [1.82, 2.24) is 4.90 Å². The molecule has 0 aliphatic carbocycles. The lowest BCUT2D eigenvalue weighted by Crippen LogP contribution is -2.22. The van der Waals surface area contributed by atoms with Gasteiger partial charge >= 0.3 is 0 Å². The molecule has 1 nitrogen and oxygen atoms in total. The van der Waals surface area contributed by atoms with Crippen LogP contribution in [0.15, 0.2) is 35.6 Å². The lowest BCUT2D eigenvalue weighted by atomic mass is 9.90. The zero-order valence-electron chi connectivity index (χ0n) is 14.1. The molecule has 0 bridgehead atoms. The normalized spacial score (nSPS) is 14.7. The summed E-state index contributed by atoms with van der Waals surface area (Å²) in [6.07, 6.45) is 6.85. The number of likely N-dealkylation sites (N-methyl/N-ethyl adjacent to an activating group) is 1. The topological polar surface area (TPSA) is 3.24 Å². The van der Waals surface area contributed by atoms with E-state index in [0.29, 0.717) is 0 Å². The van der Waals surface area contributed by atoms with E-state index >= 15 is 0 Å². The molecule has 0 aromatic heterocycles. The fourth-order valence-corrected chi connectivity index (χ4v) is 2.31. The predicted octanol–water partition coefficient (Wildman–Crippen LogP) is 5.42. The quantitative estimate of drug-likeness (QED) is 0.529. The van der Waals surface area contributed by atoms with E-state index in [0.717, 1.165) is 24.1 Å². The van der Waals surface area contributed by atoms with E-state index in [1.54, 1.807) is 0 Å². The smallest absolute Gasteiger partial charge is 0.0320 e. The number of rotatable bonds is 8. The predicted molar refractivity (Wildman–Crippen MR) is 88.2 cm³/mol. The highest BCUT2D eigenvalue weighted by Crippen LogP contribution is 2.21. The Morgan fingerprint density at radius 3 is 2.26 bits per heavy atom. The molecule has 0 rings (SSSR count). The molecular formula is C18H33N. The summed E-state index contributed by atoms with van der Waals surface area (Å²) in [5.41, 5.74) is 3.69. The summed E-state index contributed by atoms with van der Waals surface area (Å²) in [6.45, 7) is 18.6. The van der Waals surface area contributed by atoms with Gasteiger partial charge in [-0.2, -0.15) is 0 Å². The Balaban J connectivity index is 4.47.